The number of carbonyl (C=O) groups is 1. The average molecular weight is 601 g/mol. The summed E-state index contributed by atoms with van der Waals surface area (Å²) in [5, 5.41) is 22.0. The van der Waals surface area contributed by atoms with Gasteiger partial charge in [0.25, 0.3) is 0 Å². The van der Waals surface area contributed by atoms with Crippen LogP contribution in [-0.2, 0) is 16.0 Å². The SMILES string of the molecule is CCC(=O)OC(C(C)c1oc(CC)c(C)c(=O)c1C)C(C)C(O)C(C)=CC(C)c1oc(C(C)C(O)CC)c(C)c(=O)c1C. The molecule has 2 aromatic rings. The molecule has 0 aliphatic heterocycles. The first-order valence-corrected chi connectivity index (χ1v) is 15.5. The monoisotopic (exact) mass is 600 g/mol. The van der Waals surface area contributed by atoms with Gasteiger partial charge < -0.3 is 23.8 Å². The van der Waals surface area contributed by atoms with E-state index in [9.17, 15) is 24.6 Å². The third kappa shape index (κ3) is 7.76. The zero-order valence-electron chi connectivity index (χ0n) is 28.1. The fourth-order valence-corrected chi connectivity index (χ4v) is 5.96. The quantitative estimate of drug-likeness (QED) is 0.199. The second kappa shape index (κ2) is 15.2. The van der Waals surface area contributed by atoms with Crippen LogP contribution >= 0.6 is 0 Å². The Morgan fingerprint density at radius 1 is 0.814 bits per heavy atom. The first-order valence-electron chi connectivity index (χ1n) is 15.5. The van der Waals surface area contributed by atoms with Crippen LogP contribution in [-0.4, -0.2) is 34.5 Å². The molecule has 0 radical (unpaired) electrons. The topological polar surface area (TPSA) is 127 Å². The van der Waals surface area contributed by atoms with E-state index in [2.05, 4.69) is 0 Å². The summed E-state index contributed by atoms with van der Waals surface area (Å²) in [5.41, 5.74) is 2.40. The van der Waals surface area contributed by atoms with Gasteiger partial charge in [-0.05, 0) is 46.6 Å². The molecule has 0 saturated carbocycles. The molecule has 7 unspecified atom stereocenters. The minimum Gasteiger partial charge on any atom is -0.465 e. The molecule has 43 heavy (non-hydrogen) atoms. The van der Waals surface area contributed by atoms with Crippen molar-refractivity contribution in [3.05, 3.63) is 77.4 Å². The predicted molar refractivity (Wildman–Crippen MR) is 169 cm³/mol. The van der Waals surface area contributed by atoms with Crippen LogP contribution in [0.2, 0.25) is 0 Å². The number of allylic oxidation sites excluding steroid dienone is 1. The maximum Gasteiger partial charge on any atom is 0.305 e. The molecule has 0 aromatic carbocycles. The van der Waals surface area contributed by atoms with Crippen LogP contribution in [0.3, 0.4) is 0 Å². The molecule has 8 heteroatoms. The Balaban J connectivity index is 2.52. The van der Waals surface area contributed by atoms with E-state index in [-0.39, 0.29) is 29.1 Å². The predicted octanol–water partition coefficient (Wildman–Crippen LogP) is 6.44. The van der Waals surface area contributed by atoms with Gasteiger partial charge in [0.05, 0.1) is 18.1 Å². The van der Waals surface area contributed by atoms with E-state index in [1.54, 1.807) is 41.5 Å². The van der Waals surface area contributed by atoms with Crippen molar-refractivity contribution in [2.75, 3.05) is 0 Å². The van der Waals surface area contributed by atoms with Crippen LogP contribution in [0.1, 0.15) is 131 Å². The average Bonchev–Trinajstić information content (AvgIpc) is 2.99. The van der Waals surface area contributed by atoms with Crippen molar-refractivity contribution in [2.24, 2.45) is 5.92 Å². The lowest BCUT2D eigenvalue weighted by molar-refractivity contribution is -0.154. The molecule has 0 fully saturated rings. The van der Waals surface area contributed by atoms with Gasteiger partial charge >= 0.3 is 5.97 Å². The Morgan fingerprint density at radius 3 is 1.84 bits per heavy atom. The van der Waals surface area contributed by atoms with Gasteiger partial charge in [0.1, 0.15) is 29.1 Å². The van der Waals surface area contributed by atoms with Gasteiger partial charge in [-0.2, -0.15) is 0 Å². The summed E-state index contributed by atoms with van der Waals surface area (Å²) in [6.45, 7) is 21.6. The van der Waals surface area contributed by atoms with Gasteiger partial charge in [0, 0.05) is 52.8 Å². The third-order valence-corrected chi connectivity index (χ3v) is 8.94. The number of esters is 1. The number of aliphatic hydroxyl groups excluding tert-OH is 2. The van der Waals surface area contributed by atoms with Crippen LogP contribution in [0.25, 0.3) is 0 Å². The normalized spacial score (nSPS) is 17.1. The summed E-state index contributed by atoms with van der Waals surface area (Å²) in [5.74, 6) is -0.217. The molecule has 0 spiro atoms. The zero-order chi connectivity index (χ0) is 32.9. The van der Waals surface area contributed by atoms with Gasteiger partial charge in [0.2, 0.25) is 0 Å². The lowest BCUT2D eigenvalue weighted by Gasteiger charge is -2.33. The number of aryl methyl sites for hydroxylation is 1. The van der Waals surface area contributed by atoms with Crippen molar-refractivity contribution in [3.63, 3.8) is 0 Å². The molecule has 8 nitrogen and oxygen atoms in total. The van der Waals surface area contributed by atoms with Gasteiger partial charge in [0.15, 0.2) is 10.9 Å². The smallest absolute Gasteiger partial charge is 0.305 e. The van der Waals surface area contributed by atoms with E-state index < -0.39 is 36.1 Å². The largest absolute Gasteiger partial charge is 0.465 e. The Bertz CT molecular complexity index is 1430. The molecular formula is C35H52O8. The van der Waals surface area contributed by atoms with Crippen LogP contribution in [0.5, 0.6) is 0 Å². The summed E-state index contributed by atoms with van der Waals surface area (Å²) in [6, 6.07) is 0. The number of carbonyl (C=O) groups excluding carboxylic acids is 1. The molecule has 0 amide bonds. The number of ether oxygens (including phenoxy) is 1. The first-order chi connectivity index (χ1) is 20.0. The molecule has 2 N–H and O–H groups in total. The molecular weight excluding hydrogens is 548 g/mol. The number of hydrogen-bond donors (Lipinski definition) is 2. The van der Waals surface area contributed by atoms with E-state index in [1.165, 1.54) is 0 Å². The van der Waals surface area contributed by atoms with Crippen molar-refractivity contribution in [1.29, 1.82) is 0 Å². The minimum atomic E-state index is -1.01. The van der Waals surface area contributed by atoms with E-state index >= 15 is 0 Å². The van der Waals surface area contributed by atoms with E-state index in [4.69, 9.17) is 13.6 Å². The lowest BCUT2D eigenvalue weighted by Crippen LogP contribution is -2.38. The number of hydrogen-bond acceptors (Lipinski definition) is 8. The lowest BCUT2D eigenvalue weighted by atomic mass is 9.83. The third-order valence-electron chi connectivity index (χ3n) is 8.94. The van der Waals surface area contributed by atoms with Crippen molar-refractivity contribution < 1.29 is 28.6 Å². The van der Waals surface area contributed by atoms with E-state index in [0.29, 0.717) is 63.7 Å². The zero-order valence-corrected chi connectivity index (χ0v) is 28.1. The summed E-state index contributed by atoms with van der Waals surface area (Å²) >= 11 is 0. The second-order valence-electron chi connectivity index (χ2n) is 12.1. The van der Waals surface area contributed by atoms with Crippen LogP contribution in [0, 0.1) is 33.6 Å². The standard InChI is InChI=1S/C35H52O8/c1-13-26(36)19(6)33-24(11)31(40)22(9)32(43-33)18(5)16-17(4)29(38)21(8)35(42-28(37)15-3)25(12)34-23(10)30(39)20(7)27(14-2)41-34/h16,18-19,21,25-26,29,35-36,38H,13-15H2,1-12H3. The van der Waals surface area contributed by atoms with Crippen LogP contribution in [0.4, 0.5) is 0 Å². The van der Waals surface area contributed by atoms with Gasteiger partial charge in [-0.1, -0.05) is 54.5 Å². The van der Waals surface area contributed by atoms with Gasteiger partial charge in [-0.15, -0.1) is 0 Å². The van der Waals surface area contributed by atoms with Crippen molar-refractivity contribution >= 4 is 5.97 Å². The summed E-state index contributed by atoms with van der Waals surface area (Å²) in [6.07, 6.45) is 0.645. The summed E-state index contributed by atoms with van der Waals surface area (Å²) in [4.78, 5) is 38.6. The Kier molecular flexibility index (Phi) is 12.8. The maximum atomic E-state index is 13.1. The van der Waals surface area contributed by atoms with Crippen molar-refractivity contribution in [1.82, 2.24) is 0 Å². The highest BCUT2D eigenvalue weighted by atomic mass is 16.5. The molecule has 0 aliphatic rings. The van der Waals surface area contributed by atoms with E-state index in [0.717, 1.165) is 0 Å². The number of rotatable bonds is 13. The first kappa shape index (κ1) is 36.2. The Morgan fingerprint density at radius 2 is 1.33 bits per heavy atom. The highest BCUT2D eigenvalue weighted by Gasteiger charge is 2.36. The minimum absolute atomic E-state index is 0.0984. The Labute approximate surface area is 256 Å². The molecule has 2 rings (SSSR count). The maximum absolute atomic E-state index is 13.1. The summed E-state index contributed by atoms with van der Waals surface area (Å²) < 4.78 is 18.3. The number of aliphatic hydroxyl groups is 2. The van der Waals surface area contributed by atoms with Gasteiger partial charge in [-0.25, -0.2) is 0 Å². The molecule has 7 atom stereocenters. The summed E-state index contributed by atoms with van der Waals surface area (Å²) in [7, 11) is 0. The second-order valence-corrected chi connectivity index (χ2v) is 12.1. The van der Waals surface area contributed by atoms with Crippen LogP contribution in [0.15, 0.2) is 30.1 Å². The van der Waals surface area contributed by atoms with Gasteiger partial charge in [-0.3, -0.25) is 14.4 Å². The van der Waals surface area contributed by atoms with E-state index in [1.807, 2.05) is 47.6 Å². The van der Waals surface area contributed by atoms with Crippen LogP contribution < -0.4 is 10.9 Å². The Hall–Kier alpha value is -2.97. The highest BCUT2D eigenvalue weighted by Crippen LogP contribution is 2.34. The molecule has 0 aliphatic carbocycles. The fourth-order valence-electron chi connectivity index (χ4n) is 5.96. The molecule has 2 heterocycles. The highest BCUT2D eigenvalue weighted by molar-refractivity contribution is 5.69. The van der Waals surface area contributed by atoms with Crippen molar-refractivity contribution in [3.8, 4) is 0 Å². The molecule has 0 saturated heterocycles. The fraction of sp³-hybridized carbons (Fsp3) is 0.629. The molecule has 2 aromatic heterocycles. The molecule has 240 valence electrons. The molecule has 0 bridgehead atoms. The van der Waals surface area contributed by atoms with Crippen molar-refractivity contribution in [2.45, 2.75) is 138 Å².